The minimum Gasteiger partial charge on any atom is -0.393 e. The van der Waals surface area contributed by atoms with Crippen molar-refractivity contribution in [1.82, 2.24) is 10.3 Å². The van der Waals surface area contributed by atoms with Crippen LogP contribution in [0.3, 0.4) is 0 Å². The number of carbonyl (C=O) groups excluding carboxylic acids is 1. The molecule has 1 unspecified atom stereocenters. The van der Waals surface area contributed by atoms with Gasteiger partial charge in [-0.15, -0.1) is 0 Å². The van der Waals surface area contributed by atoms with Gasteiger partial charge in [0.2, 0.25) is 0 Å². The Bertz CT molecular complexity index is 397. The highest BCUT2D eigenvalue weighted by Gasteiger charge is 2.08. The first-order valence-corrected chi connectivity index (χ1v) is 6.03. The number of hydrogen-bond acceptors (Lipinski definition) is 3. The first kappa shape index (κ1) is 14.2. The number of carbonyl (C=O) groups is 1. The summed E-state index contributed by atoms with van der Waals surface area (Å²) in [7, 11) is 0. The standard InChI is InChI=1S/C11H14Cl2N2O2/c1-7(16)3-2-4-14-11(17)8-5-9(12)10(13)15-6-8/h5-7,16H,2-4H2,1H3,(H,14,17). The molecule has 1 aromatic rings. The number of halogens is 2. The highest BCUT2D eigenvalue weighted by Crippen LogP contribution is 2.19. The zero-order chi connectivity index (χ0) is 12.8. The molecule has 6 heteroatoms. The van der Waals surface area contributed by atoms with Gasteiger partial charge < -0.3 is 10.4 Å². The third kappa shape index (κ3) is 4.89. The highest BCUT2D eigenvalue weighted by molar-refractivity contribution is 6.41. The summed E-state index contributed by atoms with van der Waals surface area (Å²) < 4.78 is 0. The molecule has 0 radical (unpaired) electrons. The molecule has 0 aromatic carbocycles. The predicted octanol–water partition coefficient (Wildman–Crippen LogP) is 2.28. The summed E-state index contributed by atoms with van der Waals surface area (Å²) in [6.07, 6.45) is 2.40. The molecule has 94 valence electrons. The van der Waals surface area contributed by atoms with Gasteiger partial charge in [-0.05, 0) is 25.8 Å². The Kier molecular flexibility index (Phi) is 5.68. The van der Waals surface area contributed by atoms with E-state index in [0.29, 0.717) is 18.5 Å². The van der Waals surface area contributed by atoms with Crippen molar-refractivity contribution >= 4 is 29.1 Å². The Morgan fingerprint density at radius 2 is 2.29 bits per heavy atom. The summed E-state index contributed by atoms with van der Waals surface area (Å²) in [6.45, 7) is 2.22. The molecule has 0 aliphatic rings. The molecule has 0 aliphatic heterocycles. The van der Waals surface area contributed by atoms with Crippen molar-refractivity contribution in [2.24, 2.45) is 0 Å². The maximum absolute atomic E-state index is 11.6. The van der Waals surface area contributed by atoms with Crippen LogP contribution >= 0.6 is 23.2 Å². The fourth-order valence-electron chi connectivity index (χ4n) is 1.25. The maximum Gasteiger partial charge on any atom is 0.252 e. The van der Waals surface area contributed by atoms with Gasteiger partial charge in [-0.2, -0.15) is 0 Å². The average molecular weight is 277 g/mol. The van der Waals surface area contributed by atoms with Crippen molar-refractivity contribution in [3.8, 4) is 0 Å². The van der Waals surface area contributed by atoms with Crippen LogP contribution < -0.4 is 5.32 Å². The van der Waals surface area contributed by atoms with E-state index in [0.717, 1.165) is 6.42 Å². The van der Waals surface area contributed by atoms with Crippen LogP contribution in [-0.4, -0.2) is 28.6 Å². The lowest BCUT2D eigenvalue weighted by atomic mass is 10.2. The smallest absolute Gasteiger partial charge is 0.252 e. The minimum absolute atomic E-state index is 0.178. The molecular formula is C11H14Cl2N2O2. The van der Waals surface area contributed by atoms with Gasteiger partial charge in [0, 0.05) is 12.7 Å². The molecule has 0 bridgehead atoms. The molecule has 1 rings (SSSR count). The van der Waals surface area contributed by atoms with Crippen LogP contribution in [0.5, 0.6) is 0 Å². The second-order valence-corrected chi connectivity index (χ2v) is 4.51. The van der Waals surface area contributed by atoms with Crippen LogP contribution in [0.25, 0.3) is 0 Å². The predicted molar refractivity (Wildman–Crippen MR) is 67.5 cm³/mol. The number of aliphatic hydroxyl groups is 1. The molecule has 2 N–H and O–H groups in total. The molecule has 0 fully saturated rings. The summed E-state index contributed by atoms with van der Waals surface area (Å²) in [6, 6.07) is 1.47. The van der Waals surface area contributed by atoms with E-state index in [1.807, 2.05) is 0 Å². The summed E-state index contributed by atoms with van der Waals surface area (Å²) in [5.41, 5.74) is 0.372. The zero-order valence-electron chi connectivity index (χ0n) is 9.41. The van der Waals surface area contributed by atoms with Crippen LogP contribution in [0, 0.1) is 0 Å². The Morgan fingerprint density at radius 3 is 2.88 bits per heavy atom. The second-order valence-electron chi connectivity index (χ2n) is 3.74. The van der Waals surface area contributed by atoms with E-state index >= 15 is 0 Å². The zero-order valence-corrected chi connectivity index (χ0v) is 10.9. The first-order valence-electron chi connectivity index (χ1n) is 5.28. The van der Waals surface area contributed by atoms with Crippen LogP contribution in [0.15, 0.2) is 12.3 Å². The number of nitrogens with one attached hydrogen (secondary N) is 1. The summed E-state index contributed by atoms with van der Waals surface area (Å²) in [5, 5.41) is 12.2. The van der Waals surface area contributed by atoms with Gasteiger partial charge in [-0.1, -0.05) is 23.2 Å². The number of aliphatic hydroxyl groups excluding tert-OH is 1. The number of aromatic nitrogens is 1. The Balaban J connectivity index is 2.44. The summed E-state index contributed by atoms with van der Waals surface area (Å²) in [4.78, 5) is 15.4. The molecular weight excluding hydrogens is 263 g/mol. The van der Waals surface area contributed by atoms with Crippen LogP contribution in [0.1, 0.15) is 30.1 Å². The van der Waals surface area contributed by atoms with E-state index in [1.165, 1.54) is 12.3 Å². The minimum atomic E-state index is -0.349. The Hall–Kier alpha value is -0.840. The Labute approximate surface area is 110 Å². The van der Waals surface area contributed by atoms with Crippen molar-refractivity contribution in [3.63, 3.8) is 0 Å². The van der Waals surface area contributed by atoms with Crippen LogP contribution in [-0.2, 0) is 0 Å². The van der Waals surface area contributed by atoms with Gasteiger partial charge in [0.1, 0.15) is 5.15 Å². The van der Waals surface area contributed by atoms with Crippen molar-refractivity contribution in [2.75, 3.05) is 6.54 Å². The average Bonchev–Trinajstić information content (AvgIpc) is 2.27. The maximum atomic E-state index is 11.6. The molecule has 0 aliphatic carbocycles. The number of rotatable bonds is 5. The SMILES string of the molecule is CC(O)CCCNC(=O)c1cnc(Cl)c(Cl)c1. The second kappa shape index (κ2) is 6.79. The third-order valence-electron chi connectivity index (χ3n) is 2.14. The molecule has 1 heterocycles. The third-order valence-corrected chi connectivity index (χ3v) is 2.83. The quantitative estimate of drug-likeness (QED) is 0.641. The molecule has 1 aromatic heterocycles. The molecule has 0 saturated carbocycles. The van der Waals surface area contributed by atoms with E-state index in [1.54, 1.807) is 6.92 Å². The first-order chi connectivity index (χ1) is 8.00. The molecule has 0 saturated heterocycles. The monoisotopic (exact) mass is 276 g/mol. The molecule has 1 atom stereocenters. The van der Waals surface area contributed by atoms with E-state index < -0.39 is 0 Å². The lowest BCUT2D eigenvalue weighted by Gasteiger charge is -2.06. The van der Waals surface area contributed by atoms with E-state index in [2.05, 4.69) is 10.3 Å². The van der Waals surface area contributed by atoms with Gasteiger partial charge in [-0.3, -0.25) is 4.79 Å². The fraction of sp³-hybridized carbons (Fsp3) is 0.455. The van der Waals surface area contributed by atoms with E-state index in [-0.39, 0.29) is 22.2 Å². The Morgan fingerprint density at radius 1 is 1.59 bits per heavy atom. The summed E-state index contributed by atoms with van der Waals surface area (Å²) in [5.74, 6) is -0.248. The van der Waals surface area contributed by atoms with Gasteiger partial charge in [0.05, 0.1) is 16.7 Å². The van der Waals surface area contributed by atoms with Gasteiger partial charge in [0.15, 0.2) is 0 Å². The van der Waals surface area contributed by atoms with Gasteiger partial charge >= 0.3 is 0 Å². The van der Waals surface area contributed by atoms with Gasteiger partial charge in [-0.25, -0.2) is 4.98 Å². The number of hydrogen-bond donors (Lipinski definition) is 2. The number of amides is 1. The van der Waals surface area contributed by atoms with E-state index in [4.69, 9.17) is 28.3 Å². The molecule has 1 amide bonds. The number of pyridine rings is 1. The highest BCUT2D eigenvalue weighted by atomic mass is 35.5. The lowest BCUT2D eigenvalue weighted by Crippen LogP contribution is -2.25. The topological polar surface area (TPSA) is 62.2 Å². The summed E-state index contributed by atoms with van der Waals surface area (Å²) >= 11 is 11.4. The van der Waals surface area contributed by atoms with Crippen LogP contribution in [0.2, 0.25) is 10.2 Å². The van der Waals surface area contributed by atoms with Crippen molar-refractivity contribution < 1.29 is 9.90 Å². The number of nitrogens with zero attached hydrogens (tertiary/aromatic N) is 1. The lowest BCUT2D eigenvalue weighted by molar-refractivity contribution is 0.0949. The molecule has 4 nitrogen and oxygen atoms in total. The van der Waals surface area contributed by atoms with E-state index in [9.17, 15) is 4.79 Å². The van der Waals surface area contributed by atoms with Crippen LogP contribution in [0.4, 0.5) is 0 Å². The largest absolute Gasteiger partial charge is 0.393 e. The molecule has 0 spiro atoms. The van der Waals surface area contributed by atoms with Gasteiger partial charge in [0.25, 0.3) is 5.91 Å². The fourth-order valence-corrected chi connectivity index (χ4v) is 1.52. The normalized spacial score (nSPS) is 12.2. The van der Waals surface area contributed by atoms with Crippen molar-refractivity contribution in [2.45, 2.75) is 25.9 Å². The van der Waals surface area contributed by atoms with Crippen molar-refractivity contribution in [1.29, 1.82) is 0 Å². The molecule has 17 heavy (non-hydrogen) atoms. The van der Waals surface area contributed by atoms with Crippen molar-refractivity contribution in [3.05, 3.63) is 28.0 Å².